The molecule has 1 aliphatic rings. The van der Waals surface area contributed by atoms with Crippen LogP contribution in [0, 0.1) is 9.39 Å². The number of piperidine rings is 1. The normalized spacial score (nSPS) is 15.8. The van der Waals surface area contributed by atoms with Gasteiger partial charge in [0.15, 0.2) is 0 Å². The summed E-state index contributed by atoms with van der Waals surface area (Å²) in [5.74, 6) is 0.537. The third-order valence-corrected chi connectivity index (χ3v) is 5.15. The lowest BCUT2D eigenvalue weighted by Gasteiger charge is -2.36. The zero-order chi connectivity index (χ0) is 17.1. The number of nitrogens with one attached hydrogen (secondary N) is 1. The minimum atomic E-state index is -0.186. The summed E-state index contributed by atoms with van der Waals surface area (Å²) in [5, 5.41) is 3.16. The largest absolute Gasteiger partial charge is 0.369 e. The highest BCUT2D eigenvalue weighted by Gasteiger charge is 2.22. The van der Waals surface area contributed by atoms with Gasteiger partial charge in [-0.1, -0.05) is 0 Å². The van der Waals surface area contributed by atoms with E-state index in [0.29, 0.717) is 17.4 Å². The van der Waals surface area contributed by atoms with E-state index in [0.717, 1.165) is 35.3 Å². The highest BCUT2D eigenvalue weighted by Crippen LogP contribution is 2.27. The fraction of sp³-hybridized carbons (Fsp3) is 0.389. The van der Waals surface area contributed by atoms with Gasteiger partial charge < -0.3 is 15.1 Å². The van der Waals surface area contributed by atoms with Gasteiger partial charge in [0.1, 0.15) is 11.6 Å². The van der Waals surface area contributed by atoms with Crippen molar-refractivity contribution in [2.24, 2.45) is 0 Å². The third-order valence-electron chi connectivity index (χ3n) is 4.48. The predicted molar refractivity (Wildman–Crippen MR) is 106 cm³/mol. The van der Waals surface area contributed by atoms with Crippen molar-refractivity contribution in [3.8, 4) is 0 Å². The molecule has 1 N–H and O–H groups in total. The molecule has 1 saturated heterocycles. The Morgan fingerprint density at radius 2 is 1.96 bits per heavy atom. The van der Waals surface area contributed by atoms with Gasteiger partial charge in [0.2, 0.25) is 0 Å². The van der Waals surface area contributed by atoms with E-state index in [9.17, 15) is 4.39 Å². The predicted octanol–water partition coefficient (Wildman–Crippen LogP) is 4.10. The molecular formula is C18H22FIN4. The van der Waals surface area contributed by atoms with Gasteiger partial charge in [-0.3, -0.25) is 0 Å². The van der Waals surface area contributed by atoms with Gasteiger partial charge in [0, 0.05) is 34.6 Å². The first-order valence-electron chi connectivity index (χ1n) is 8.12. The van der Waals surface area contributed by atoms with Crippen molar-refractivity contribution < 1.29 is 4.39 Å². The van der Waals surface area contributed by atoms with Crippen LogP contribution in [-0.2, 0) is 0 Å². The second-order valence-corrected chi connectivity index (χ2v) is 7.58. The van der Waals surface area contributed by atoms with Crippen molar-refractivity contribution in [3.05, 3.63) is 45.9 Å². The zero-order valence-electron chi connectivity index (χ0n) is 14.0. The minimum Gasteiger partial charge on any atom is -0.369 e. The monoisotopic (exact) mass is 440 g/mol. The third kappa shape index (κ3) is 4.16. The van der Waals surface area contributed by atoms with Crippen molar-refractivity contribution >= 4 is 39.8 Å². The van der Waals surface area contributed by atoms with Crippen LogP contribution in [0.25, 0.3) is 0 Å². The first-order valence-corrected chi connectivity index (χ1v) is 9.20. The molecule has 1 aliphatic heterocycles. The molecule has 0 atom stereocenters. The molecule has 2 aromatic rings. The molecule has 0 unspecified atom stereocenters. The standard InChI is InChI=1S/C18H22FIN4/c1-23(2)15-6-9-24(10-7-15)17-4-3-14(12-16(17)19)22-18-11-13(20)5-8-21-18/h3-5,8,11-12,15H,6-7,9-10H2,1-2H3,(H,21,22). The number of nitrogens with zero attached hydrogens (tertiary/aromatic N) is 3. The number of anilines is 3. The summed E-state index contributed by atoms with van der Waals surface area (Å²) in [6, 6.07) is 9.77. The van der Waals surface area contributed by atoms with Crippen molar-refractivity contribution in [1.82, 2.24) is 9.88 Å². The summed E-state index contributed by atoms with van der Waals surface area (Å²) in [7, 11) is 4.22. The molecule has 6 heteroatoms. The summed E-state index contributed by atoms with van der Waals surface area (Å²) >= 11 is 2.23. The smallest absolute Gasteiger partial charge is 0.148 e. The van der Waals surface area contributed by atoms with E-state index in [-0.39, 0.29) is 5.82 Å². The maximum atomic E-state index is 14.6. The van der Waals surface area contributed by atoms with Crippen LogP contribution in [0.1, 0.15) is 12.8 Å². The Hall–Kier alpha value is -1.41. The number of pyridine rings is 1. The molecule has 0 radical (unpaired) electrons. The van der Waals surface area contributed by atoms with Crippen LogP contribution in [0.5, 0.6) is 0 Å². The molecule has 1 fully saturated rings. The Morgan fingerprint density at radius 3 is 2.58 bits per heavy atom. The fourth-order valence-corrected chi connectivity index (χ4v) is 3.54. The molecule has 1 aromatic heterocycles. The Bertz CT molecular complexity index is 699. The van der Waals surface area contributed by atoms with Crippen LogP contribution in [-0.4, -0.2) is 43.1 Å². The summed E-state index contributed by atoms with van der Waals surface area (Å²) in [5.41, 5.74) is 1.40. The van der Waals surface area contributed by atoms with Crippen LogP contribution in [0.15, 0.2) is 36.5 Å². The van der Waals surface area contributed by atoms with E-state index in [2.05, 4.69) is 56.8 Å². The summed E-state index contributed by atoms with van der Waals surface area (Å²) in [4.78, 5) is 8.65. The fourth-order valence-electron chi connectivity index (χ4n) is 3.09. The van der Waals surface area contributed by atoms with Gasteiger partial charge >= 0.3 is 0 Å². The van der Waals surface area contributed by atoms with Crippen molar-refractivity contribution in [2.45, 2.75) is 18.9 Å². The average molecular weight is 440 g/mol. The van der Waals surface area contributed by atoms with Gasteiger partial charge in [-0.25, -0.2) is 9.37 Å². The molecule has 0 bridgehead atoms. The summed E-state index contributed by atoms with van der Waals surface area (Å²) in [6.07, 6.45) is 3.88. The van der Waals surface area contributed by atoms with E-state index >= 15 is 0 Å². The molecule has 0 amide bonds. The van der Waals surface area contributed by atoms with E-state index < -0.39 is 0 Å². The topological polar surface area (TPSA) is 31.4 Å². The van der Waals surface area contributed by atoms with Crippen LogP contribution < -0.4 is 10.2 Å². The SMILES string of the molecule is CN(C)C1CCN(c2ccc(Nc3cc(I)ccn3)cc2F)CC1. The Labute approximate surface area is 156 Å². The van der Waals surface area contributed by atoms with Gasteiger partial charge in [-0.2, -0.15) is 0 Å². The zero-order valence-corrected chi connectivity index (χ0v) is 16.1. The quantitative estimate of drug-likeness (QED) is 0.726. The molecule has 0 aliphatic carbocycles. The van der Waals surface area contributed by atoms with Crippen molar-refractivity contribution in [2.75, 3.05) is 37.4 Å². The highest BCUT2D eigenvalue weighted by molar-refractivity contribution is 14.1. The highest BCUT2D eigenvalue weighted by atomic mass is 127. The first-order chi connectivity index (χ1) is 11.5. The average Bonchev–Trinajstić information content (AvgIpc) is 2.55. The Morgan fingerprint density at radius 1 is 1.21 bits per heavy atom. The van der Waals surface area contributed by atoms with Crippen LogP contribution >= 0.6 is 22.6 Å². The van der Waals surface area contributed by atoms with Gasteiger partial charge in [0.05, 0.1) is 5.69 Å². The van der Waals surface area contributed by atoms with Crippen molar-refractivity contribution in [3.63, 3.8) is 0 Å². The first kappa shape index (κ1) is 17.4. The number of hydrogen-bond donors (Lipinski definition) is 1. The molecular weight excluding hydrogens is 418 g/mol. The Balaban J connectivity index is 1.69. The van der Waals surface area contributed by atoms with Crippen LogP contribution in [0.2, 0.25) is 0 Å². The Kier molecular flexibility index (Phi) is 5.55. The molecule has 2 heterocycles. The maximum absolute atomic E-state index is 14.6. The number of rotatable bonds is 4. The minimum absolute atomic E-state index is 0.186. The second kappa shape index (κ2) is 7.65. The lowest BCUT2D eigenvalue weighted by molar-refractivity contribution is 0.249. The van der Waals surface area contributed by atoms with E-state index in [1.54, 1.807) is 12.3 Å². The summed E-state index contributed by atoms with van der Waals surface area (Å²) < 4.78 is 15.6. The van der Waals surface area contributed by atoms with E-state index in [1.165, 1.54) is 0 Å². The number of benzene rings is 1. The van der Waals surface area contributed by atoms with Gasteiger partial charge in [0.25, 0.3) is 0 Å². The number of hydrogen-bond acceptors (Lipinski definition) is 4. The molecule has 1 aromatic carbocycles. The molecule has 3 rings (SSSR count). The lowest BCUT2D eigenvalue weighted by atomic mass is 10.0. The molecule has 4 nitrogen and oxygen atoms in total. The van der Waals surface area contributed by atoms with E-state index in [1.807, 2.05) is 24.3 Å². The van der Waals surface area contributed by atoms with Gasteiger partial charge in [-0.15, -0.1) is 0 Å². The van der Waals surface area contributed by atoms with E-state index in [4.69, 9.17) is 0 Å². The maximum Gasteiger partial charge on any atom is 0.148 e. The van der Waals surface area contributed by atoms with Crippen molar-refractivity contribution in [1.29, 1.82) is 0 Å². The number of halogens is 2. The summed E-state index contributed by atoms with van der Waals surface area (Å²) in [6.45, 7) is 1.79. The van der Waals surface area contributed by atoms with Crippen LogP contribution in [0.4, 0.5) is 21.6 Å². The van der Waals surface area contributed by atoms with Gasteiger partial charge in [-0.05, 0) is 79.9 Å². The second-order valence-electron chi connectivity index (χ2n) is 6.33. The molecule has 0 spiro atoms. The molecule has 0 saturated carbocycles. The lowest BCUT2D eigenvalue weighted by Crippen LogP contribution is -2.42. The molecule has 128 valence electrons. The number of aromatic nitrogens is 1. The molecule has 24 heavy (non-hydrogen) atoms. The van der Waals surface area contributed by atoms with Crippen LogP contribution in [0.3, 0.4) is 0 Å².